The highest BCUT2D eigenvalue weighted by molar-refractivity contribution is 6.31. The van der Waals surface area contributed by atoms with Gasteiger partial charge in [0.2, 0.25) is 11.8 Å². The van der Waals surface area contributed by atoms with E-state index in [2.05, 4.69) is 12.2 Å². The fourth-order valence-corrected chi connectivity index (χ4v) is 4.94. The van der Waals surface area contributed by atoms with Crippen LogP contribution in [0.15, 0.2) is 60.7 Å². The van der Waals surface area contributed by atoms with Gasteiger partial charge in [0.15, 0.2) is 12.4 Å². The van der Waals surface area contributed by atoms with Crippen molar-refractivity contribution in [3.63, 3.8) is 0 Å². The van der Waals surface area contributed by atoms with E-state index in [0.717, 1.165) is 6.42 Å². The molecule has 6 heteroatoms. The van der Waals surface area contributed by atoms with E-state index in [4.69, 9.17) is 16.3 Å². The molecular weight excluding hydrogens is 390 g/mol. The number of imide groups is 1. The van der Waals surface area contributed by atoms with Crippen molar-refractivity contribution in [2.75, 3.05) is 11.5 Å². The Balaban J connectivity index is 1.42. The summed E-state index contributed by atoms with van der Waals surface area (Å²) in [7, 11) is 0. The summed E-state index contributed by atoms with van der Waals surface area (Å²) in [6.07, 6.45) is 4.97. The number of hydrogen-bond acceptors (Lipinski definition) is 4. The zero-order valence-electron chi connectivity index (χ0n) is 15.5. The molecule has 1 heterocycles. The molecule has 2 fully saturated rings. The zero-order chi connectivity index (χ0) is 20.1. The lowest BCUT2D eigenvalue weighted by Gasteiger charge is -2.21. The topological polar surface area (TPSA) is 63.7 Å². The lowest BCUT2D eigenvalue weighted by molar-refractivity contribution is -0.123. The van der Waals surface area contributed by atoms with Crippen LogP contribution in [0.5, 0.6) is 5.75 Å². The molecule has 0 spiro atoms. The van der Waals surface area contributed by atoms with Gasteiger partial charge >= 0.3 is 0 Å². The van der Waals surface area contributed by atoms with Crippen LogP contribution in [0, 0.1) is 23.7 Å². The summed E-state index contributed by atoms with van der Waals surface area (Å²) in [6.45, 7) is -0.200. The largest absolute Gasteiger partial charge is 0.483 e. The molecule has 5 nitrogen and oxygen atoms in total. The van der Waals surface area contributed by atoms with Gasteiger partial charge in [-0.2, -0.15) is 0 Å². The summed E-state index contributed by atoms with van der Waals surface area (Å²) in [5.41, 5.74) is 0.843. The fourth-order valence-electron chi connectivity index (χ4n) is 4.78. The van der Waals surface area contributed by atoms with Gasteiger partial charge in [-0.05, 0) is 36.5 Å². The lowest BCUT2D eigenvalue weighted by Crippen LogP contribution is -2.33. The van der Waals surface area contributed by atoms with Crippen LogP contribution < -0.4 is 9.64 Å². The Morgan fingerprint density at radius 1 is 1.00 bits per heavy atom. The van der Waals surface area contributed by atoms with Crippen LogP contribution >= 0.6 is 11.6 Å². The Morgan fingerprint density at radius 2 is 1.66 bits per heavy atom. The van der Waals surface area contributed by atoms with Gasteiger partial charge in [-0.3, -0.25) is 14.4 Å². The van der Waals surface area contributed by atoms with Crippen molar-refractivity contribution in [1.82, 2.24) is 0 Å². The number of ether oxygens (including phenoxy) is 1. The van der Waals surface area contributed by atoms with Crippen LogP contribution in [0.4, 0.5) is 5.69 Å². The molecule has 2 aliphatic carbocycles. The average molecular weight is 408 g/mol. The van der Waals surface area contributed by atoms with Crippen molar-refractivity contribution < 1.29 is 19.1 Å². The van der Waals surface area contributed by atoms with Crippen LogP contribution in [0.25, 0.3) is 0 Å². The summed E-state index contributed by atoms with van der Waals surface area (Å²) >= 11 is 6.16. The van der Waals surface area contributed by atoms with Crippen LogP contribution in [-0.4, -0.2) is 24.2 Å². The maximum Gasteiger partial charge on any atom is 0.238 e. The standard InChI is InChI=1S/C23H18ClNO4/c24-16-8-9-19(29-12-18(26)13-4-2-1-3-5-13)17(11-16)25-22(27)20-14-6-7-15(10-14)21(20)23(25)28/h1-9,11,14-15,20-21H,10,12H2/t14-,15-,20-,21+/m0/s1. The molecule has 2 aromatic carbocycles. The molecule has 3 aliphatic rings. The van der Waals surface area contributed by atoms with Gasteiger partial charge in [-0.1, -0.05) is 54.1 Å². The molecule has 1 saturated heterocycles. The van der Waals surface area contributed by atoms with Gasteiger partial charge < -0.3 is 4.74 Å². The number of carbonyl (C=O) groups excluding carboxylic acids is 3. The predicted octanol–water partition coefficient (Wildman–Crippen LogP) is 3.91. The van der Waals surface area contributed by atoms with Crippen molar-refractivity contribution in [3.8, 4) is 5.75 Å². The molecule has 2 aromatic rings. The number of halogens is 1. The molecule has 146 valence electrons. The highest BCUT2D eigenvalue weighted by atomic mass is 35.5. The minimum atomic E-state index is -0.310. The van der Waals surface area contributed by atoms with E-state index in [1.54, 1.807) is 42.5 Å². The van der Waals surface area contributed by atoms with Crippen molar-refractivity contribution in [2.45, 2.75) is 6.42 Å². The number of fused-ring (bicyclic) bond motifs is 5. The first-order valence-corrected chi connectivity index (χ1v) is 9.99. The number of amides is 2. The number of Topliss-reactive ketones (excluding diaryl/α,β-unsaturated/α-hetero) is 1. The Bertz CT molecular complexity index is 1020. The maximum atomic E-state index is 13.1. The highest BCUT2D eigenvalue weighted by Gasteiger charge is 2.59. The molecule has 2 bridgehead atoms. The zero-order valence-corrected chi connectivity index (χ0v) is 16.2. The number of nitrogens with zero attached hydrogens (tertiary/aromatic N) is 1. The second-order valence-corrected chi connectivity index (χ2v) is 8.14. The van der Waals surface area contributed by atoms with Crippen LogP contribution in [0.3, 0.4) is 0 Å². The van der Waals surface area contributed by atoms with E-state index in [1.165, 1.54) is 4.90 Å². The number of allylic oxidation sites excluding steroid dienone is 2. The monoisotopic (exact) mass is 407 g/mol. The van der Waals surface area contributed by atoms with Gasteiger partial charge in [0.25, 0.3) is 0 Å². The molecule has 2 amide bonds. The molecule has 1 saturated carbocycles. The molecule has 0 aromatic heterocycles. The Hall–Kier alpha value is -2.92. The van der Waals surface area contributed by atoms with Crippen molar-refractivity contribution >= 4 is 34.9 Å². The van der Waals surface area contributed by atoms with E-state index in [9.17, 15) is 14.4 Å². The third-order valence-corrected chi connectivity index (χ3v) is 6.32. The number of carbonyl (C=O) groups is 3. The first kappa shape index (κ1) is 18.1. The Kier molecular flexibility index (Phi) is 4.28. The average Bonchev–Trinajstić information content (AvgIpc) is 3.41. The summed E-state index contributed by atoms with van der Waals surface area (Å²) in [5, 5.41) is 0.389. The fraction of sp³-hybridized carbons (Fsp3) is 0.261. The lowest BCUT2D eigenvalue weighted by atomic mass is 9.85. The second kappa shape index (κ2) is 6.85. The van der Waals surface area contributed by atoms with Gasteiger partial charge in [-0.25, -0.2) is 4.90 Å². The number of rotatable bonds is 5. The van der Waals surface area contributed by atoms with Crippen LogP contribution in [-0.2, 0) is 9.59 Å². The second-order valence-electron chi connectivity index (χ2n) is 7.70. The quantitative estimate of drug-likeness (QED) is 0.428. The van der Waals surface area contributed by atoms with E-state index in [1.807, 2.05) is 6.07 Å². The maximum absolute atomic E-state index is 13.1. The normalized spacial score (nSPS) is 26.9. The molecule has 5 rings (SSSR count). The Labute approximate surface area is 172 Å². The summed E-state index contributed by atoms with van der Waals surface area (Å²) in [6, 6.07) is 13.6. The Morgan fingerprint density at radius 3 is 2.31 bits per heavy atom. The number of anilines is 1. The third-order valence-electron chi connectivity index (χ3n) is 6.09. The first-order chi connectivity index (χ1) is 14.0. The number of hydrogen-bond donors (Lipinski definition) is 0. The summed E-state index contributed by atoms with van der Waals surface area (Å²) in [5.74, 6) is -0.697. The van der Waals surface area contributed by atoms with E-state index in [-0.39, 0.29) is 47.9 Å². The van der Waals surface area contributed by atoms with E-state index >= 15 is 0 Å². The minimum absolute atomic E-state index is 0.120. The SMILES string of the molecule is O=C(COc1ccc(Cl)cc1N1C(=O)[C@@H]2[C@H](C1=O)[C@H]1C=C[C@H]2C1)c1ccccc1. The first-order valence-electron chi connectivity index (χ1n) is 9.61. The molecular formula is C23H18ClNO4. The molecule has 29 heavy (non-hydrogen) atoms. The molecule has 1 aliphatic heterocycles. The van der Waals surface area contributed by atoms with Gasteiger partial charge in [0, 0.05) is 10.6 Å². The number of benzene rings is 2. The van der Waals surface area contributed by atoms with Crippen molar-refractivity contribution in [1.29, 1.82) is 0 Å². The predicted molar refractivity (Wildman–Crippen MR) is 108 cm³/mol. The van der Waals surface area contributed by atoms with Gasteiger partial charge in [-0.15, -0.1) is 0 Å². The van der Waals surface area contributed by atoms with Crippen LogP contribution in [0.2, 0.25) is 5.02 Å². The van der Waals surface area contributed by atoms with E-state index < -0.39 is 0 Å². The third kappa shape index (κ3) is 2.88. The summed E-state index contributed by atoms with van der Waals surface area (Å²) < 4.78 is 5.74. The molecule has 0 N–H and O–H groups in total. The van der Waals surface area contributed by atoms with E-state index in [0.29, 0.717) is 22.0 Å². The van der Waals surface area contributed by atoms with Crippen molar-refractivity contribution in [3.05, 3.63) is 71.3 Å². The van der Waals surface area contributed by atoms with Crippen molar-refractivity contribution in [2.24, 2.45) is 23.7 Å². The molecule has 0 radical (unpaired) electrons. The number of ketones is 1. The van der Waals surface area contributed by atoms with Crippen LogP contribution in [0.1, 0.15) is 16.8 Å². The minimum Gasteiger partial charge on any atom is -0.483 e. The van der Waals surface area contributed by atoms with Gasteiger partial charge in [0.05, 0.1) is 17.5 Å². The van der Waals surface area contributed by atoms with Gasteiger partial charge in [0.1, 0.15) is 5.75 Å². The molecule has 0 unspecified atom stereocenters. The highest BCUT2D eigenvalue weighted by Crippen LogP contribution is 2.54. The smallest absolute Gasteiger partial charge is 0.238 e. The summed E-state index contributed by atoms with van der Waals surface area (Å²) in [4.78, 5) is 39.8. The molecule has 4 atom stereocenters.